The topological polar surface area (TPSA) is 95.9 Å². The van der Waals surface area contributed by atoms with Crippen LogP contribution in [0.4, 0.5) is 11.4 Å². The summed E-state index contributed by atoms with van der Waals surface area (Å²) >= 11 is 0. The molecule has 7 nitrogen and oxygen atoms in total. The van der Waals surface area contributed by atoms with Crippen LogP contribution in [-0.2, 0) is 26.4 Å². The van der Waals surface area contributed by atoms with E-state index in [0.717, 1.165) is 16.7 Å². The van der Waals surface area contributed by atoms with Crippen LogP contribution >= 0.6 is 0 Å². The van der Waals surface area contributed by atoms with Crippen molar-refractivity contribution in [3.63, 3.8) is 0 Å². The molecule has 0 radical (unpaired) electrons. The van der Waals surface area contributed by atoms with Gasteiger partial charge in [0.15, 0.2) is 0 Å². The van der Waals surface area contributed by atoms with Gasteiger partial charge in [0.05, 0.1) is 11.6 Å². The molecule has 7 heteroatoms. The average Bonchev–Trinajstić information content (AvgIpc) is 3.26. The van der Waals surface area contributed by atoms with Crippen molar-refractivity contribution in [2.75, 3.05) is 10.2 Å². The second kappa shape index (κ2) is 12.2. The number of benzene rings is 4. The summed E-state index contributed by atoms with van der Waals surface area (Å²) < 4.78 is 6.01. The molecule has 1 atom stereocenters. The minimum absolute atomic E-state index is 0.0132. The number of carbonyl (C=O) groups excluding carboxylic acids is 3. The first-order chi connectivity index (χ1) is 20.9. The van der Waals surface area contributed by atoms with Crippen LogP contribution in [0.15, 0.2) is 103 Å². The molecule has 0 spiro atoms. The number of nitrogens with one attached hydrogen (secondary N) is 1. The van der Waals surface area contributed by atoms with E-state index in [1.807, 2.05) is 61.5 Å². The zero-order chi connectivity index (χ0) is 31.6. The summed E-state index contributed by atoms with van der Waals surface area (Å²) in [4.78, 5) is 40.5. The molecule has 0 aromatic heterocycles. The normalized spacial score (nSPS) is 16.2. The van der Waals surface area contributed by atoms with E-state index in [-0.39, 0.29) is 22.7 Å². The quantitative estimate of drug-likeness (QED) is 0.133. The fourth-order valence-electron chi connectivity index (χ4n) is 5.37. The van der Waals surface area contributed by atoms with Crippen molar-refractivity contribution in [2.24, 2.45) is 0 Å². The third kappa shape index (κ3) is 6.27. The van der Waals surface area contributed by atoms with Crippen molar-refractivity contribution >= 4 is 34.7 Å². The van der Waals surface area contributed by atoms with Gasteiger partial charge in [-0.25, -0.2) is 0 Å². The number of nitrogens with zero attached hydrogens (tertiary/aromatic N) is 1. The van der Waals surface area contributed by atoms with Crippen LogP contribution in [0.5, 0.6) is 5.75 Å². The van der Waals surface area contributed by atoms with E-state index in [2.05, 4.69) is 26.1 Å². The Kier molecular flexibility index (Phi) is 8.41. The Hall–Kier alpha value is -5.17. The van der Waals surface area contributed by atoms with Gasteiger partial charge in [-0.3, -0.25) is 19.3 Å². The summed E-state index contributed by atoms with van der Waals surface area (Å²) in [5.74, 6) is -1.44. The third-order valence-electron chi connectivity index (χ3n) is 7.67. The molecule has 0 aliphatic carbocycles. The molecule has 1 heterocycles. The first-order valence-corrected chi connectivity index (χ1v) is 14.5. The first kappa shape index (κ1) is 30.3. The number of anilines is 2. The summed E-state index contributed by atoms with van der Waals surface area (Å²) in [5.41, 5.74) is 4.75. The Bertz CT molecular complexity index is 1750. The third-order valence-corrected chi connectivity index (χ3v) is 7.67. The summed E-state index contributed by atoms with van der Waals surface area (Å²) in [7, 11) is 0. The number of aliphatic hydroxyl groups is 1. The number of ketones is 1. The summed E-state index contributed by atoms with van der Waals surface area (Å²) in [6, 6.07) is 28.6. The van der Waals surface area contributed by atoms with Crippen molar-refractivity contribution in [1.29, 1.82) is 0 Å². The van der Waals surface area contributed by atoms with Crippen LogP contribution in [0, 0.1) is 6.92 Å². The van der Waals surface area contributed by atoms with Gasteiger partial charge >= 0.3 is 0 Å². The molecule has 224 valence electrons. The smallest absolute Gasteiger partial charge is 0.300 e. The Labute approximate surface area is 257 Å². The van der Waals surface area contributed by atoms with Crippen molar-refractivity contribution < 1.29 is 24.2 Å². The Balaban J connectivity index is 1.58. The van der Waals surface area contributed by atoms with Crippen molar-refractivity contribution in [2.45, 2.75) is 52.7 Å². The highest BCUT2D eigenvalue weighted by atomic mass is 16.5. The molecular weight excluding hydrogens is 552 g/mol. The number of aliphatic hydroxyl groups excluding tert-OH is 1. The predicted molar refractivity (Wildman–Crippen MR) is 173 cm³/mol. The van der Waals surface area contributed by atoms with Crippen molar-refractivity contribution in [1.82, 2.24) is 0 Å². The van der Waals surface area contributed by atoms with Crippen LogP contribution in [0.2, 0.25) is 0 Å². The molecule has 2 amide bonds. The van der Waals surface area contributed by atoms with Gasteiger partial charge in [0, 0.05) is 23.9 Å². The monoisotopic (exact) mass is 588 g/mol. The maximum absolute atomic E-state index is 13.7. The first-order valence-electron chi connectivity index (χ1n) is 14.5. The van der Waals surface area contributed by atoms with Crippen LogP contribution in [0.25, 0.3) is 5.76 Å². The van der Waals surface area contributed by atoms with Gasteiger partial charge in [0.2, 0.25) is 5.91 Å². The fourth-order valence-corrected chi connectivity index (χ4v) is 5.37. The molecule has 4 aromatic rings. The molecule has 1 saturated heterocycles. The lowest BCUT2D eigenvalue weighted by Gasteiger charge is -2.27. The lowest BCUT2D eigenvalue weighted by atomic mass is 9.85. The van der Waals surface area contributed by atoms with Crippen LogP contribution in [0.3, 0.4) is 0 Å². The van der Waals surface area contributed by atoms with Gasteiger partial charge in [0.25, 0.3) is 11.7 Å². The highest BCUT2D eigenvalue weighted by molar-refractivity contribution is 6.51. The minimum atomic E-state index is -0.897. The molecule has 44 heavy (non-hydrogen) atoms. The lowest BCUT2D eigenvalue weighted by Crippen LogP contribution is -2.29. The zero-order valence-corrected chi connectivity index (χ0v) is 25.5. The maximum atomic E-state index is 13.7. The zero-order valence-electron chi connectivity index (χ0n) is 25.5. The van der Waals surface area contributed by atoms with Gasteiger partial charge in [-0.15, -0.1) is 0 Å². The molecule has 2 N–H and O–H groups in total. The molecule has 4 aromatic carbocycles. The number of Topliss-reactive ketones (excluding diaryl/α,β-unsaturated/α-hetero) is 1. The Morgan fingerprint density at radius 2 is 1.61 bits per heavy atom. The number of hydrogen-bond acceptors (Lipinski definition) is 5. The van der Waals surface area contributed by atoms with E-state index in [1.165, 1.54) is 11.8 Å². The van der Waals surface area contributed by atoms with E-state index in [1.54, 1.807) is 42.5 Å². The predicted octanol–water partition coefficient (Wildman–Crippen LogP) is 7.46. The molecule has 1 unspecified atom stereocenters. The lowest BCUT2D eigenvalue weighted by molar-refractivity contribution is -0.132. The highest BCUT2D eigenvalue weighted by Crippen LogP contribution is 2.43. The van der Waals surface area contributed by atoms with Gasteiger partial charge in [-0.1, -0.05) is 81.4 Å². The molecule has 0 saturated carbocycles. The minimum Gasteiger partial charge on any atom is -0.507 e. The van der Waals surface area contributed by atoms with E-state index < -0.39 is 17.7 Å². The molecule has 1 aliphatic rings. The number of hydrogen-bond donors (Lipinski definition) is 2. The largest absolute Gasteiger partial charge is 0.507 e. The molecule has 0 bridgehead atoms. The van der Waals surface area contributed by atoms with Crippen molar-refractivity contribution in [3.05, 3.63) is 130 Å². The van der Waals surface area contributed by atoms with E-state index in [0.29, 0.717) is 34.9 Å². The number of ether oxygens (including phenoxy) is 1. The van der Waals surface area contributed by atoms with Crippen LogP contribution in [0.1, 0.15) is 61.6 Å². The van der Waals surface area contributed by atoms with E-state index in [9.17, 15) is 19.5 Å². The Morgan fingerprint density at radius 3 is 2.25 bits per heavy atom. The van der Waals surface area contributed by atoms with Gasteiger partial charge in [-0.05, 0) is 71.0 Å². The summed E-state index contributed by atoms with van der Waals surface area (Å²) in [5, 5.41) is 14.4. The Morgan fingerprint density at radius 1 is 0.909 bits per heavy atom. The number of aryl methyl sites for hydroxylation is 1. The van der Waals surface area contributed by atoms with Gasteiger partial charge in [0.1, 0.15) is 18.1 Å². The maximum Gasteiger partial charge on any atom is 0.300 e. The summed E-state index contributed by atoms with van der Waals surface area (Å²) in [6.45, 7) is 9.98. The number of amides is 2. The highest BCUT2D eigenvalue weighted by Gasteiger charge is 2.47. The number of carbonyl (C=O) groups is 3. The SMILES string of the molecule is CC(=O)Nc1cccc(N2C(=O)C(=O)/C(=C(/O)c3ccc(OCc4ccccc4)c(C)c3)C2c2ccc(C(C)(C)C)cc2)c1. The number of rotatable bonds is 7. The van der Waals surface area contributed by atoms with E-state index in [4.69, 9.17) is 4.74 Å². The average molecular weight is 589 g/mol. The van der Waals surface area contributed by atoms with Gasteiger partial charge in [-0.2, -0.15) is 0 Å². The van der Waals surface area contributed by atoms with Crippen LogP contribution < -0.4 is 15.0 Å². The molecule has 1 fully saturated rings. The van der Waals surface area contributed by atoms with Gasteiger partial charge < -0.3 is 15.2 Å². The summed E-state index contributed by atoms with van der Waals surface area (Å²) in [6.07, 6.45) is 0. The fraction of sp³-hybridized carbons (Fsp3) is 0.216. The van der Waals surface area contributed by atoms with Crippen LogP contribution in [-0.4, -0.2) is 22.7 Å². The molecular formula is C37H36N2O5. The second-order valence-corrected chi connectivity index (χ2v) is 12.0. The molecule has 5 rings (SSSR count). The molecule has 1 aliphatic heterocycles. The van der Waals surface area contributed by atoms with Crippen molar-refractivity contribution in [3.8, 4) is 5.75 Å². The second-order valence-electron chi connectivity index (χ2n) is 12.0. The van der Waals surface area contributed by atoms with E-state index >= 15 is 0 Å². The standard InChI is InChI=1S/C37H36N2O5/c1-23-20-27(16-19-31(23)44-22-25-10-7-6-8-11-25)34(41)32-33(26-14-17-28(18-15-26)37(3,4)5)39(36(43)35(32)42)30-13-9-12-29(21-30)38-24(2)40/h6-21,33,41H,22H2,1-5H3,(H,38,40)/b34-32+.